The molecule has 0 spiro atoms. The molecule has 1 aliphatic heterocycles. The molecule has 0 N–H and O–H groups in total. The third kappa shape index (κ3) is 2.69. The molecule has 1 aromatic rings. The Bertz CT molecular complexity index is 364. The van der Waals surface area contributed by atoms with Crippen molar-refractivity contribution in [2.24, 2.45) is 0 Å². The molecule has 1 unspecified atom stereocenters. The second-order valence-corrected chi connectivity index (χ2v) is 4.83. The van der Waals surface area contributed by atoms with Gasteiger partial charge in [0, 0.05) is 29.2 Å². The molecule has 1 aliphatic rings. The number of ether oxygens (including phenoxy) is 1. The van der Waals surface area contributed by atoms with Crippen molar-refractivity contribution in [3.8, 4) is 0 Å². The average Bonchev–Trinajstić information content (AvgIpc) is 2.29. The van der Waals surface area contributed by atoms with Crippen molar-refractivity contribution in [3.63, 3.8) is 0 Å². The van der Waals surface area contributed by atoms with Crippen LogP contribution >= 0.6 is 23.2 Å². The van der Waals surface area contributed by atoms with Crippen molar-refractivity contribution in [1.82, 2.24) is 4.90 Å². The summed E-state index contributed by atoms with van der Waals surface area (Å²) < 4.78 is 5.34. The summed E-state index contributed by atoms with van der Waals surface area (Å²) in [4.78, 5) is 2.37. The first-order chi connectivity index (χ1) is 7.68. The van der Waals surface area contributed by atoms with Crippen LogP contribution in [0.25, 0.3) is 0 Å². The number of nitrogens with zero attached hydrogens (tertiary/aromatic N) is 1. The van der Waals surface area contributed by atoms with E-state index in [1.54, 1.807) is 6.07 Å². The van der Waals surface area contributed by atoms with Gasteiger partial charge in [-0.25, -0.2) is 0 Å². The van der Waals surface area contributed by atoms with Gasteiger partial charge in [-0.15, -0.1) is 0 Å². The average molecular weight is 260 g/mol. The Morgan fingerprint density at radius 2 is 1.94 bits per heavy atom. The molecular weight excluding hydrogens is 245 g/mol. The first-order valence-electron chi connectivity index (χ1n) is 5.45. The predicted molar refractivity (Wildman–Crippen MR) is 67.3 cm³/mol. The van der Waals surface area contributed by atoms with Crippen molar-refractivity contribution in [3.05, 3.63) is 33.8 Å². The second kappa shape index (κ2) is 5.37. The van der Waals surface area contributed by atoms with Crippen LogP contribution in [0.1, 0.15) is 18.5 Å². The SMILES string of the molecule is CC(c1ccc(Cl)cc1Cl)N1CCOCC1. The molecule has 0 radical (unpaired) electrons. The zero-order valence-corrected chi connectivity index (χ0v) is 10.8. The minimum Gasteiger partial charge on any atom is -0.379 e. The minimum atomic E-state index is 0.314. The first kappa shape index (κ1) is 12.2. The molecule has 1 atom stereocenters. The van der Waals surface area contributed by atoms with E-state index in [-0.39, 0.29) is 0 Å². The standard InChI is InChI=1S/C12H15Cl2NO/c1-9(15-4-6-16-7-5-15)11-3-2-10(13)8-12(11)14/h2-3,8-9H,4-7H2,1H3. The molecule has 1 saturated heterocycles. The number of benzene rings is 1. The third-order valence-electron chi connectivity index (χ3n) is 3.01. The van der Waals surface area contributed by atoms with Gasteiger partial charge in [-0.3, -0.25) is 4.90 Å². The van der Waals surface area contributed by atoms with E-state index in [0.29, 0.717) is 11.1 Å². The summed E-state index contributed by atoms with van der Waals surface area (Å²) in [6.45, 7) is 5.69. The zero-order valence-electron chi connectivity index (χ0n) is 9.25. The number of hydrogen-bond acceptors (Lipinski definition) is 2. The molecular formula is C12H15Cl2NO. The van der Waals surface area contributed by atoms with Crippen LogP contribution in [0.5, 0.6) is 0 Å². The zero-order chi connectivity index (χ0) is 11.5. The van der Waals surface area contributed by atoms with Crippen LogP contribution in [-0.2, 0) is 4.74 Å². The molecule has 16 heavy (non-hydrogen) atoms. The van der Waals surface area contributed by atoms with Gasteiger partial charge in [0.2, 0.25) is 0 Å². The highest BCUT2D eigenvalue weighted by atomic mass is 35.5. The molecule has 1 fully saturated rings. The predicted octanol–water partition coefficient (Wildman–Crippen LogP) is 3.39. The Balaban J connectivity index is 2.15. The maximum atomic E-state index is 6.20. The number of morpholine rings is 1. The highest BCUT2D eigenvalue weighted by Gasteiger charge is 2.20. The van der Waals surface area contributed by atoms with E-state index in [1.165, 1.54) is 0 Å². The summed E-state index contributed by atoms with van der Waals surface area (Å²) >= 11 is 12.1. The lowest BCUT2D eigenvalue weighted by molar-refractivity contribution is 0.0199. The Morgan fingerprint density at radius 1 is 1.25 bits per heavy atom. The summed E-state index contributed by atoms with van der Waals surface area (Å²) in [5.41, 5.74) is 1.13. The maximum absolute atomic E-state index is 6.20. The molecule has 0 aliphatic carbocycles. The maximum Gasteiger partial charge on any atom is 0.0594 e. The van der Waals surface area contributed by atoms with Gasteiger partial charge >= 0.3 is 0 Å². The summed E-state index contributed by atoms with van der Waals surface area (Å²) in [5.74, 6) is 0. The quantitative estimate of drug-likeness (QED) is 0.808. The van der Waals surface area contributed by atoms with Crippen molar-refractivity contribution >= 4 is 23.2 Å². The molecule has 2 nitrogen and oxygen atoms in total. The molecule has 2 rings (SSSR count). The summed E-state index contributed by atoms with van der Waals surface area (Å²) in [7, 11) is 0. The lowest BCUT2D eigenvalue weighted by Gasteiger charge is -2.32. The van der Waals surface area contributed by atoms with Crippen LogP contribution in [0.4, 0.5) is 0 Å². The van der Waals surface area contributed by atoms with E-state index in [1.807, 2.05) is 12.1 Å². The fraction of sp³-hybridized carbons (Fsp3) is 0.500. The van der Waals surface area contributed by atoms with E-state index in [0.717, 1.165) is 36.9 Å². The van der Waals surface area contributed by atoms with Gasteiger partial charge in [0.1, 0.15) is 0 Å². The topological polar surface area (TPSA) is 12.5 Å². The number of halogens is 2. The van der Waals surface area contributed by atoms with E-state index < -0.39 is 0 Å². The normalized spacial score (nSPS) is 19.7. The van der Waals surface area contributed by atoms with Crippen molar-refractivity contribution in [2.75, 3.05) is 26.3 Å². The van der Waals surface area contributed by atoms with Crippen LogP contribution in [0.15, 0.2) is 18.2 Å². The van der Waals surface area contributed by atoms with Crippen molar-refractivity contribution in [2.45, 2.75) is 13.0 Å². The first-order valence-corrected chi connectivity index (χ1v) is 6.21. The Kier molecular flexibility index (Phi) is 4.09. The van der Waals surface area contributed by atoms with Crippen molar-refractivity contribution in [1.29, 1.82) is 0 Å². The molecule has 0 aromatic heterocycles. The van der Waals surface area contributed by atoms with Crippen molar-refractivity contribution < 1.29 is 4.74 Å². The van der Waals surface area contributed by atoms with Crippen LogP contribution < -0.4 is 0 Å². The minimum absolute atomic E-state index is 0.314. The smallest absolute Gasteiger partial charge is 0.0594 e. The van der Waals surface area contributed by atoms with Gasteiger partial charge in [0.05, 0.1) is 13.2 Å². The molecule has 4 heteroatoms. The van der Waals surface area contributed by atoms with Gasteiger partial charge in [-0.1, -0.05) is 29.3 Å². The molecule has 0 saturated carbocycles. The van der Waals surface area contributed by atoms with Gasteiger partial charge in [-0.2, -0.15) is 0 Å². The summed E-state index contributed by atoms with van der Waals surface area (Å²) in [5, 5.41) is 1.43. The number of hydrogen-bond donors (Lipinski definition) is 0. The lowest BCUT2D eigenvalue weighted by atomic mass is 10.1. The molecule has 0 bridgehead atoms. The van der Waals surface area contributed by atoms with E-state index in [4.69, 9.17) is 27.9 Å². The Labute approximate surface area is 106 Å². The van der Waals surface area contributed by atoms with E-state index in [2.05, 4.69) is 11.8 Å². The molecule has 1 heterocycles. The van der Waals surface area contributed by atoms with Gasteiger partial charge in [0.15, 0.2) is 0 Å². The van der Waals surface area contributed by atoms with E-state index >= 15 is 0 Å². The summed E-state index contributed by atoms with van der Waals surface area (Å²) in [6, 6.07) is 6.01. The fourth-order valence-electron chi connectivity index (χ4n) is 2.00. The van der Waals surface area contributed by atoms with Crippen LogP contribution in [0.3, 0.4) is 0 Å². The van der Waals surface area contributed by atoms with Gasteiger partial charge < -0.3 is 4.74 Å². The third-order valence-corrected chi connectivity index (χ3v) is 3.57. The van der Waals surface area contributed by atoms with Crippen LogP contribution in [-0.4, -0.2) is 31.2 Å². The lowest BCUT2D eigenvalue weighted by Crippen LogP contribution is -2.38. The summed E-state index contributed by atoms with van der Waals surface area (Å²) in [6.07, 6.45) is 0. The molecule has 88 valence electrons. The highest BCUT2D eigenvalue weighted by molar-refractivity contribution is 6.35. The second-order valence-electron chi connectivity index (χ2n) is 3.99. The molecule has 1 aromatic carbocycles. The van der Waals surface area contributed by atoms with Crippen LogP contribution in [0, 0.1) is 0 Å². The van der Waals surface area contributed by atoms with Gasteiger partial charge in [-0.05, 0) is 24.6 Å². The van der Waals surface area contributed by atoms with E-state index in [9.17, 15) is 0 Å². The largest absolute Gasteiger partial charge is 0.379 e. The monoisotopic (exact) mass is 259 g/mol. The molecule has 0 amide bonds. The highest BCUT2D eigenvalue weighted by Crippen LogP contribution is 2.29. The Morgan fingerprint density at radius 3 is 2.56 bits per heavy atom. The van der Waals surface area contributed by atoms with Gasteiger partial charge in [0.25, 0.3) is 0 Å². The van der Waals surface area contributed by atoms with Crippen LogP contribution in [0.2, 0.25) is 10.0 Å². The fourth-order valence-corrected chi connectivity index (χ4v) is 2.57. The Hall–Kier alpha value is -0.280. The number of rotatable bonds is 2.